The molecule has 2 heterocycles. The topological polar surface area (TPSA) is 37.9 Å². The van der Waals surface area contributed by atoms with E-state index in [1.807, 2.05) is 0 Å². The molecule has 84 valence electrons. The molecule has 0 amide bonds. The van der Waals surface area contributed by atoms with E-state index in [1.165, 1.54) is 12.1 Å². The van der Waals surface area contributed by atoms with E-state index in [0.29, 0.717) is 0 Å². The number of fused-ring (bicyclic) bond motifs is 1. The van der Waals surface area contributed by atoms with E-state index in [4.69, 9.17) is 4.74 Å². The molecule has 0 spiro atoms. The van der Waals surface area contributed by atoms with Gasteiger partial charge in [-0.15, -0.1) is 0 Å². The molecule has 0 saturated carbocycles. The zero-order valence-electron chi connectivity index (χ0n) is 8.87. The molecule has 2 aromatic rings. The van der Waals surface area contributed by atoms with Crippen molar-refractivity contribution >= 4 is 11.0 Å². The van der Waals surface area contributed by atoms with Gasteiger partial charge in [-0.3, -0.25) is 0 Å². The fraction of sp³-hybridized carbons (Fsp3) is 0.417. The summed E-state index contributed by atoms with van der Waals surface area (Å²) in [6.07, 6.45) is 3.27. The average Bonchev–Trinajstić information content (AvgIpc) is 2.86. The Labute approximate surface area is 92.6 Å². The van der Waals surface area contributed by atoms with Gasteiger partial charge in [-0.25, -0.2) is 9.37 Å². The summed E-state index contributed by atoms with van der Waals surface area (Å²) >= 11 is 0. The zero-order valence-corrected chi connectivity index (χ0v) is 8.87. The third-order valence-corrected chi connectivity index (χ3v) is 2.94. The van der Waals surface area contributed by atoms with Crippen molar-refractivity contribution in [2.24, 2.45) is 0 Å². The van der Waals surface area contributed by atoms with E-state index in [1.54, 1.807) is 6.07 Å². The summed E-state index contributed by atoms with van der Waals surface area (Å²) in [7, 11) is 0. The van der Waals surface area contributed by atoms with Gasteiger partial charge in [0.2, 0.25) is 0 Å². The fourth-order valence-corrected chi connectivity index (χ4v) is 2.15. The minimum absolute atomic E-state index is 0.236. The smallest absolute Gasteiger partial charge is 0.125 e. The van der Waals surface area contributed by atoms with Crippen molar-refractivity contribution in [2.45, 2.75) is 25.4 Å². The summed E-state index contributed by atoms with van der Waals surface area (Å²) in [4.78, 5) is 7.55. The summed E-state index contributed by atoms with van der Waals surface area (Å²) in [5, 5.41) is 0. The van der Waals surface area contributed by atoms with Crippen LogP contribution in [0.5, 0.6) is 0 Å². The molecule has 1 atom stereocenters. The predicted octanol–water partition coefficient (Wildman–Crippen LogP) is 2.42. The molecule has 1 saturated heterocycles. The fourth-order valence-electron chi connectivity index (χ4n) is 2.15. The molecule has 1 aliphatic rings. The van der Waals surface area contributed by atoms with Gasteiger partial charge in [-0.05, 0) is 31.0 Å². The molecule has 1 aromatic carbocycles. The number of halogens is 1. The number of aromatic amines is 1. The number of rotatable bonds is 2. The van der Waals surface area contributed by atoms with E-state index in [9.17, 15) is 4.39 Å². The molecule has 0 aliphatic carbocycles. The number of nitrogens with one attached hydrogen (secondary N) is 1. The zero-order chi connectivity index (χ0) is 11.0. The van der Waals surface area contributed by atoms with Crippen LogP contribution in [0, 0.1) is 5.82 Å². The van der Waals surface area contributed by atoms with Gasteiger partial charge in [0.15, 0.2) is 0 Å². The standard InChI is InChI=1S/C12H13FN2O/c13-8-3-4-10-11(6-8)15-12(14-10)7-9-2-1-5-16-9/h3-4,6,9H,1-2,5,7H2,(H,14,15). The van der Waals surface area contributed by atoms with Gasteiger partial charge in [-0.1, -0.05) is 0 Å². The summed E-state index contributed by atoms with van der Waals surface area (Å²) in [5.74, 6) is 0.646. The van der Waals surface area contributed by atoms with Crippen molar-refractivity contribution in [3.63, 3.8) is 0 Å². The molecule has 16 heavy (non-hydrogen) atoms. The molecular weight excluding hydrogens is 207 g/mol. The van der Waals surface area contributed by atoms with Gasteiger partial charge in [-0.2, -0.15) is 0 Å². The van der Waals surface area contributed by atoms with Crippen LogP contribution in [-0.2, 0) is 11.2 Å². The van der Waals surface area contributed by atoms with Crippen molar-refractivity contribution < 1.29 is 9.13 Å². The predicted molar refractivity (Wildman–Crippen MR) is 58.7 cm³/mol. The van der Waals surface area contributed by atoms with Crippen molar-refractivity contribution in [3.05, 3.63) is 29.8 Å². The first-order chi connectivity index (χ1) is 7.81. The minimum atomic E-state index is -0.236. The number of ether oxygens (including phenoxy) is 1. The van der Waals surface area contributed by atoms with Gasteiger partial charge < -0.3 is 9.72 Å². The van der Waals surface area contributed by atoms with Gasteiger partial charge in [0.1, 0.15) is 11.6 Å². The number of hydrogen-bond acceptors (Lipinski definition) is 2. The minimum Gasteiger partial charge on any atom is -0.378 e. The maximum Gasteiger partial charge on any atom is 0.125 e. The molecule has 3 nitrogen and oxygen atoms in total. The Balaban J connectivity index is 1.86. The van der Waals surface area contributed by atoms with E-state index < -0.39 is 0 Å². The Hall–Kier alpha value is -1.42. The van der Waals surface area contributed by atoms with Crippen LogP contribution in [0.4, 0.5) is 4.39 Å². The van der Waals surface area contributed by atoms with E-state index >= 15 is 0 Å². The maximum absolute atomic E-state index is 13.0. The number of H-pyrrole nitrogens is 1. The van der Waals surface area contributed by atoms with Crippen LogP contribution in [0.1, 0.15) is 18.7 Å². The van der Waals surface area contributed by atoms with Crippen molar-refractivity contribution in [1.82, 2.24) is 9.97 Å². The van der Waals surface area contributed by atoms with Gasteiger partial charge in [0.25, 0.3) is 0 Å². The van der Waals surface area contributed by atoms with Crippen LogP contribution in [0.3, 0.4) is 0 Å². The summed E-state index contributed by atoms with van der Waals surface area (Å²) in [5.41, 5.74) is 1.57. The number of benzene rings is 1. The summed E-state index contributed by atoms with van der Waals surface area (Å²) in [6.45, 7) is 0.847. The van der Waals surface area contributed by atoms with Gasteiger partial charge in [0, 0.05) is 13.0 Å². The van der Waals surface area contributed by atoms with Crippen molar-refractivity contribution in [3.8, 4) is 0 Å². The first kappa shape index (κ1) is 9.78. The molecule has 0 radical (unpaired) electrons. The molecule has 4 heteroatoms. The lowest BCUT2D eigenvalue weighted by Gasteiger charge is -2.05. The third-order valence-electron chi connectivity index (χ3n) is 2.94. The van der Waals surface area contributed by atoms with Gasteiger partial charge >= 0.3 is 0 Å². The second-order valence-corrected chi connectivity index (χ2v) is 4.18. The van der Waals surface area contributed by atoms with E-state index in [0.717, 1.165) is 42.7 Å². The second-order valence-electron chi connectivity index (χ2n) is 4.18. The lowest BCUT2D eigenvalue weighted by Crippen LogP contribution is -2.09. The third kappa shape index (κ3) is 1.80. The first-order valence-corrected chi connectivity index (χ1v) is 5.57. The first-order valence-electron chi connectivity index (χ1n) is 5.57. The summed E-state index contributed by atoms with van der Waals surface area (Å²) < 4.78 is 18.5. The lowest BCUT2D eigenvalue weighted by molar-refractivity contribution is 0.110. The Morgan fingerprint density at radius 2 is 2.44 bits per heavy atom. The quantitative estimate of drug-likeness (QED) is 0.844. The van der Waals surface area contributed by atoms with Crippen LogP contribution in [0.15, 0.2) is 18.2 Å². The highest BCUT2D eigenvalue weighted by atomic mass is 19.1. The second kappa shape index (κ2) is 3.87. The van der Waals surface area contributed by atoms with Crippen molar-refractivity contribution in [1.29, 1.82) is 0 Å². The Bertz CT molecular complexity index is 503. The maximum atomic E-state index is 13.0. The van der Waals surface area contributed by atoms with Crippen LogP contribution in [0.25, 0.3) is 11.0 Å². The molecular formula is C12H13FN2O. The number of hydrogen-bond donors (Lipinski definition) is 1. The number of nitrogens with zero attached hydrogens (tertiary/aromatic N) is 1. The largest absolute Gasteiger partial charge is 0.378 e. The van der Waals surface area contributed by atoms with Crippen LogP contribution in [-0.4, -0.2) is 22.7 Å². The van der Waals surface area contributed by atoms with E-state index in [2.05, 4.69) is 9.97 Å². The Morgan fingerprint density at radius 1 is 1.50 bits per heavy atom. The average molecular weight is 220 g/mol. The molecule has 0 bridgehead atoms. The number of imidazole rings is 1. The molecule has 1 fully saturated rings. The lowest BCUT2D eigenvalue weighted by atomic mass is 10.2. The SMILES string of the molecule is Fc1ccc2nc(CC3CCCO3)[nH]c2c1. The molecule has 1 aromatic heterocycles. The molecule has 3 rings (SSSR count). The van der Waals surface area contributed by atoms with E-state index in [-0.39, 0.29) is 11.9 Å². The number of aromatic nitrogens is 2. The molecule has 1 aliphatic heterocycles. The molecule has 1 unspecified atom stereocenters. The summed E-state index contributed by atoms with van der Waals surface area (Å²) in [6, 6.07) is 4.60. The highest BCUT2D eigenvalue weighted by Gasteiger charge is 2.17. The Kier molecular flexibility index (Phi) is 2.36. The monoisotopic (exact) mass is 220 g/mol. The van der Waals surface area contributed by atoms with Crippen LogP contribution >= 0.6 is 0 Å². The van der Waals surface area contributed by atoms with Crippen molar-refractivity contribution in [2.75, 3.05) is 6.61 Å². The van der Waals surface area contributed by atoms with Crippen LogP contribution < -0.4 is 0 Å². The highest BCUT2D eigenvalue weighted by Crippen LogP contribution is 2.18. The normalized spacial score (nSPS) is 20.7. The molecule has 1 N–H and O–H groups in total. The Morgan fingerprint density at radius 3 is 3.25 bits per heavy atom. The highest BCUT2D eigenvalue weighted by molar-refractivity contribution is 5.74. The van der Waals surface area contributed by atoms with Crippen LogP contribution in [0.2, 0.25) is 0 Å². The van der Waals surface area contributed by atoms with Gasteiger partial charge in [0.05, 0.1) is 17.1 Å².